The molecular formula is C19H26N2O4S2. The SMILES string of the molecule is CCC(CC)C(=O)N=C1S[C@@H]2CS(=O)(=O)C[C@H]2N1Cc1ccc(OC)cc1. The van der Waals surface area contributed by atoms with Crippen molar-refractivity contribution in [1.29, 1.82) is 0 Å². The highest BCUT2D eigenvalue weighted by Gasteiger charge is 2.48. The molecule has 27 heavy (non-hydrogen) atoms. The number of nitrogens with zero attached hydrogens (tertiary/aromatic N) is 2. The second-order valence-corrected chi connectivity index (χ2v) is 10.4. The van der Waals surface area contributed by atoms with Crippen LogP contribution in [0.3, 0.4) is 0 Å². The van der Waals surface area contributed by atoms with Crippen molar-refractivity contribution in [3.05, 3.63) is 29.8 Å². The van der Waals surface area contributed by atoms with Gasteiger partial charge >= 0.3 is 0 Å². The van der Waals surface area contributed by atoms with Gasteiger partial charge in [0.15, 0.2) is 15.0 Å². The number of ether oxygens (including phenoxy) is 1. The van der Waals surface area contributed by atoms with Crippen molar-refractivity contribution in [3.63, 3.8) is 0 Å². The number of hydrogen-bond acceptors (Lipinski definition) is 5. The Labute approximate surface area is 165 Å². The van der Waals surface area contributed by atoms with Crippen molar-refractivity contribution in [2.75, 3.05) is 18.6 Å². The molecule has 0 unspecified atom stereocenters. The molecule has 0 bridgehead atoms. The molecule has 2 aliphatic rings. The number of thioether (sulfide) groups is 1. The van der Waals surface area contributed by atoms with Gasteiger partial charge in [0.1, 0.15) is 5.75 Å². The summed E-state index contributed by atoms with van der Waals surface area (Å²) in [4.78, 5) is 18.9. The molecule has 2 fully saturated rings. The quantitative estimate of drug-likeness (QED) is 0.718. The van der Waals surface area contributed by atoms with Crippen LogP contribution in [0, 0.1) is 5.92 Å². The van der Waals surface area contributed by atoms with Crippen LogP contribution in [0.4, 0.5) is 0 Å². The summed E-state index contributed by atoms with van der Waals surface area (Å²) >= 11 is 1.44. The zero-order valence-electron chi connectivity index (χ0n) is 15.9. The van der Waals surface area contributed by atoms with Crippen LogP contribution in [0.5, 0.6) is 5.75 Å². The highest BCUT2D eigenvalue weighted by Crippen LogP contribution is 2.39. The minimum Gasteiger partial charge on any atom is -0.497 e. The Kier molecular flexibility index (Phi) is 6.15. The monoisotopic (exact) mass is 410 g/mol. The van der Waals surface area contributed by atoms with Gasteiger partial charge in [0.2, 0.25) is 0 Å². The van der Waals surface area contributed by atoms with Crippen molar-refractivity contribution >= 4 is 32.7 Å². The van der Waals surface area contributed by atoms with Crippen LogP contribution in [0.15, 0.2) is 29.3 Å². The lowest BCUT2D eigenvalue weighted by atomic mass is 10.0. The molecule has 148 valence electrons. The number of carbonyl (C=O) groups is 1. The molecule has 0 aliphatic carbocycles. The highest BCUT2D eigenvalue weighted by molar-refractivity contribution is 8.15. The first kappa shape index (κ1) is 20.2. The first-order valence-electron chi connectivity index (χ1n) is 9.26. The number of amides is 1. The second kappa shape index (κ2) is 8.22. The summed E-state index contributed by atoms with van der Waals surface area (Å²) in [7, 11) is -1.42. The standard InChI is InChI=1S/C19H26N2O4S2/c1-4-14(5-2)18(22)20-19-21(10-13-6-8-15(25-3)9-7-13)16-11-27(23,24)12-17(16)26-19/h6-9,14,16-17H,4-5,10-12H2,1-3H3/t16-,17-/m1/s1. The number of carbonyl (C=O) groups excluding carboxylic acids is 1. The minimum atomic E-state index is -3.04. The number of hydrogen-bond donors (Lipinski definition) is 0. The van der Waals surface area contributed by atoms with Crippen LogP contribution < -0.4 is 4.74 Å². The van der Waals surface area contributed by atoms with Gasteiger partial charge in [-0.25, -0.2) is 8.42 Å². The Bertz CT molecular complexity index is 817. The number of benzene rings is 1. The summed E-state index contributed by atoms with van der Waals surface area (Å²) in [6.07, 6.45) is 1.52. The molecule has 6 nitrogen and oxygen atoms in total. The fourth-order valence-corrected chi connectivity index (χ4v) is 7.53. The third-order valence-electron chi connectivity index (χ3n) is 5.23. The average molecular weight is 411 g/mol. The first-order chi connectivity index (χ1) is 12.9. The molecule has 2 heterocycles. The average Bonchev–Trinajstić information content (AvgIpc) is 3.09. The highest BCUT2D eigenvalue weighted by atomic mass is 32.2. The van der Waals surface area contributed by atoms with E-state index in [9.17, 15) is 13.2 Å². The van der Waals surface area contributed by atoms with E-state index in [1.54, 1.807) is 7.11 Å². The van der Waals surface area contributed by atoms with Crippen LogP contribution in [-0.2, 0) is 21.2 Å². The molecule has 0 saturated carbocycles. The lowest BCUT2D eigenvalue weighted by Gasteiger charge is -2.24. The van der Waals surface area contributed by atoms with Crippen molar-refractivity contribution in [2.45, 2.75) is 44.5 Å². The number of methoxy groups -OCH3 is 1. The molecule has 2 atom stereocenters. The zero-order valence-corrected chi connectivity index (χ0v) is 17.6. The van der Waals surface area contributed by atoms with Gasteiger partial charge in [0, 0.05) is 17.7 Å². The molecule has 2 aliphatic heterocycles. The first-order valence-corrected chi connectivity index (χ1v) is 12.0. The van der Waals surface area contributed by atoms with E-state index in [2.05, 4.69) is 4.99 Å². The van der Waals surface area contributed by atoms with Crippen molar-refractivity contribution < 1.29 is 17.9 Å². The molecule has 1 amide bonds. The molecule has 3 rings (SSSR count). The maximum atomic E-state index is 12.5. The number of sulfone groups is 1. The third kappa shape index (κ3) is 4.48. The van der Waals surface area contributed by atoms with E-state index in [1.807, 2.05) is 43.0 Å². The maximum Gasteiger partial charge on any atom is 0.251 e. The Morgan fingerprint density at radius 3 is 2.52 bits per heavy atom. The second-order valence-electron chi connectivity index (χ2n) is 7.02. The van der Waals surface area contributed by atoms with Gasteiger partial charge < -0.3 is 9.64 Å². The molecule has 8 heteroatoms. The van der Waals surface area contributed by atoms with E-state index in [0.29, 0.717) is 11.7 Å². The van der Waals surface area contributed by atoms with Gasteiger partial charge in [-0.15, -0.1) is 0 Å². The molecule has 1 aromatic carbocycles. The molecule has 0 aromatic heterocycles. The largest absolute Gasteiger partial charge is 0.497 e. The Balaban J connectivity index is 1.86. The lowest BCUT2D eigenvalue weighted by molar-refractivity contribution is -0.121. The van der Waals surface area contributed by atoms with E-state index in [1.165, 1.54) is 11.8 Å². The predicted molar refractivity (Wildman–Crippen MR) is 109 cm³/mol. The van der Waals surface area contributed by atoms with Crippen LogP contribution in [0.25, 0.3) is 0 Å². The molecule has 1 aromatic rings. The van der Waals surface area contributed by atoms with Crippen LogP contribution in [0.2, 0.25) is 0 Å². The van der Waals surface area contributed by atoms with Crippen LogP contribution in [-0.4, -0.2) is 54.3 Å². The maximum absolute atomic E-state index is 12.5. The summed E-state index contributed by atoms with van der Waals surface area (Å²) in [6, 6.07) is 7.55. The number of rotatable bonds is 6. The summed E-state index contributed by atoms with van der Waals surface area (Å²) in [6.45, 7) is 4.51. The fourth-order valence-electron chi connectivity index (χ4n) is 3.57. The van der Waals surface area contributed by atoms with Gasteiger partial charge in [-0.05, 0) is 30.5 Å². The minimum absolute atomic E-state index is 0.0542. The topological polar surface area (TPSA) is 76.0 Å². The lowest BCUT2D eigenvalue weighted by Crippen LogP contribution is -2.37. The van der Waals surface area contributed by atoms with Gasteiger partial charge in [-0.1, -0.05) is 37.7 Å². The molecule has 0 N–H and O–H groups in total. The van der Waals surface area contributed by atoms with E-state index >= 15 is 0 Å². The number of amidine groups is 1. The Hall–Kier alpha value is -1.54. The van der Waals surface area contributed by atoms with Gasteiger partial charge in [-0.3, -0.25) is 4.79 Å². The number of aliphatic imine (C=N–C) groups is 1. The van der Waals surface area contributed by atoms with Gasteiger partial charge in [-0.2, -0.15) is 4.99 Å². The number of fused-ring (bicyclic) bond motifs is 1. The molecular weight excluding hydrogens is 384 g/mol. The third-order valence-corrected chi connectivity index (χ3v) is 8.48. The Morgan fingerprint density at radius 2 is 1.93 bits per heavy atom. The van der Waals surface area contributed by atoms with Gasteiger partial charge in [0.25, 0.3) is 5.91 Å². The van der Waals surface area contributed by atoms with Gasteiger partial charge in [0.05, 0.1) is 24.7 Å². The fraction of sp³-hybridized carbons (Fsp3) is 0.579. The molecule has 2 saturated heterocycles. The van der Waals surface area contributed by atoms with E-state index in [-0.39, 0.29) is 34.6 Å². The predicted octanol–water partition coefficient (Wildman–Crippen LogP) is 2.73. The molecule has 0 radical (unpaired) electrons. The van der Waals surface area contributed by atoms with E-state index in [4.69, 9.17) is 4.74 Å². The van der Waals surface area contributed by atoms with Crippen molar-refractivity contribution in [1.82, 2.24) is 4.90 Å². The normalized spacial score (nSPS) is 25.2. The van der Waals surface area contributed by atoms with Crippen molar-refractivity contribution in [3.8, 4) is 5.75 Å². The smallest absolute Gasteiger partial charge is 0.251 e. The van der Waals surface area contributed by atoms with E-state index < -0.39 is 9.84 Å². The summed E-state index contributed by atoms with van der Waals surface area (Å²) in [5, 5.41) is 0.606. The van der Waals surface area contributed by atoms with Crippen LogP contribution in [0.1, 0.15) is 32.3 Å². The van der Waals surface area contributed by atoms with Crippen molar-refractivity contribution in [2.24, 2.45) is 10.9 Å². The van der Waals surface area contributed by atoms with Crippen LogP contribution >= 0.6 is 11.8 Å². The summed E-state index contributed by atoms with van der Waals surface area (Å²) in [5.41, 5.74) is 1.03. The zero-order chi connectivity index (χ0) is 19.6. The van der Waals surface area contributed by atoms with E-state index in [0.717, 1.165) is 24.2 Å². The Morgan fingerprint density at radius 1 is 1.26 bits per heavy atom. The molecule has 0 spiro atoms. The summed E-state index contributed by atoms with van der Waals surface area (Å²) < 4.78 is 29.4. The summed E-state index contributed by atoms with van der Waals surface area (Å²) in [5.74, 6) is 0.863.